The van der Waals surface area contributed by atoms with Gasteiger partial charge in [0.15, 0.2) is 0 Å². The summed E-state index contributed by atoms with van der Waals surface area (Å²) in [5.41, 5.74) is 3.61. The number of aromatic nitrogens is 3. The molecule has 8 nitrogen and oxygen atoms in total. The van der Waals surface area contributed by atoms with Crippen molar-refractivity contribution in [2.75, 3.05) is 10.6 Å². The van der Waals surface area contributed by atoms with Crippen LogP contribution in [0.25, 0.3) is 11.3 Å². The number of rotatable bonds is 7. The van der Waals surface area contributed by atoms with Crippen LogP contribution in [-0.4, -0.2) is 32.1 Å². The highest BCUT2D eigenvalue weighted by Gasteiger charge is 2.55. The van der Waals surface area contributed by atoms with Gasteiger partial charge in [-0.05, 0) is 81.3 Å². The number of carbonyl (C=O) groups is 1. The van der Waals surface area contributed by atoms with Crippen LogP contribution in [0.2, 0.25) is 0 Å². The fourth-order valence-corrected chi connectivity index (χ4v) is 5.71. The Labute approximate surface area is 216 Å². The minimum absolute atomic E-state index is 0.0130. The van der Waals surface area contributed by atoms with Crippen molar-refractivity contribution >= 4 is 23.2 Å². The van der Waals surface area contributed by atoms with E-state index in [9.17, 15) is 15.2 Å². The van der Waals surface area contributed by atoms with Gasteiger partial charge >= 0.3 is 0 Å². The molecule has 3 fully saturated rings. The molecule has 3 aromatic rings. The van der Waals surface area contributed by atoms with Gasteiger partial charge in [0.1, 0.15) is 0 Å². The Morgan fingerprint density at radius 2 is 1.89 bits per heavy atom. The van der Waals surface area contributed by atoms with Crippen LogP contribution < -0.4 is 10.6 Å². The van der Waals surface area contributed by atoms with Gasteiger partial charge in [0, 0.05) is 46.4 Å². The van der Waals surface area contributed by atoms with Gasteiger partial charge in [-0.1, -0.05) is 12.6 Å². The number of hydrogen-bond donors (Lipinski definition) is 3. The molecule has 3 N–H and O–H groups in total. The SMILES string of the molecule is C=C(C#N)C(O)C12CCC(C(=O)Nc3ccc(C)c(Nc4nccc(-c5cccnc5)n4)c3)(CC1)CC2. The number of amides is 1. The average Bonchev–Trinajstić information content (AvgIpc) is 2.95. The summed E-state index contributed by atoms with van der Waals surface area (Å²) in [4.78, 5) is 26.6. The molecule has 0 radical (unpaired) electrons. The fraction of sp³-hybridized carbons (Fsp3) is 0.345. The molecule has 3 aliphatic carbocycles. The molecule has 1 aromatic carbocycles. The molecule has 0 saturated heterocycles. The van der Waals surface area contributed by atoms with E-state index in [0.717, 1.165) is 22.5 Å². The number of benzene rings is 1. The second kappa shape index (κ2) is 9.75. The largest absolute Gasteiger partial charge is 0.387 e. The third-order valence-electron chi connectivity index (χ3n) is 8.19. The number of nitriles is 1. The second-order valence-electron chi connectivity index (χ2n) is 10.3. The summed E-state index contributed by atoms with van der Waals surface area (Å²) in [6, 6.07) is 13.4. The van der Waals surface area contributed by atoms with Gasteiger partial charge in [-0.25, -0.2) is 9.97 Å². The first kappa shape index (κ1) is 24.6. The lowest BCUT2D eigenvalue weighted by molar-refractivity contribution is -0.139. The first-order chi connectivity index (χ1) is 17.8. The first-order valence-electron chi connectivity index (χ1n) is 12.5. The molecule has 8 heteroatoms. The first-order valence-corrected chi connectivity index (χ1v) is 12.5. The van der Waals surface area contributed by atoms with E-state index in [1.165, 1.54) is 0 Å². The summed E-state index contributed by atoms with van der Waals surface area (Å²) in [6.45, 7) is 5.71. The van der Waals surface area contributed by atoms with Crippen molar-refractivity contribution in [2.45, 2.75) is 51.6 Å². The molecule has 37 heavy (non-hydrogen) atoms. The standard InChI is InChI=1S/C29H30N6O2/c1-19-5-6-22(16-24(19)35-27-32-15-7-23(34-27)21-4-3-14-31-18-21)33-26(37)29-11-8-28(9-12-29,10-13-29)25(36)20(2)17-30/h3-7,14-16,18,25,36H,2,8-13H2,1H3,(H,33,37)(H,32,34,35). The van der Waals surface area contributed by atoms with Crippen LogP contribution in [0.4, 0.5) is 17.3 Å². The summed E-state index contributed by atoms with van der Waals surface area (Å²) in [6.07, 6.45) is 8.58. The lowest BCUT2D eigenvalue weighted by atomic mass is 9.51. The van der Waals surface area contributed by atoms with Crippen molar-refractivity contribution in [3.05, 3.63) is 72.7 Å². The van der Waals surface area contributed by atoms with Crippen LogP contribution in [0.15, 0.2) is 67.1 Å². The summed E-state index contributed by atoms with van der Waals surface area (Å²) >= 11 is 0. The molecule has 6 rings (SSSR count). The van der Waals surface area contributed by atoms with E-state index < -0.39 is 11.5 Å². The highest BCUT2D eigenvalue weighted by atomic mass is 16.3. The number of aryl methyl sites for hydroxylation is 1. The molecule has 3 aliphatic rings. The normalized spacial score (nSPS) is 23.1. The molecule has 3 saturated carbocycles. The Morgan fingerprint density at radius 3 is 2.57 bits per heavy atom. The second-order valence-corrected chi connectivity index (χ2v) is 10.3. The Kier molecular flexibility index (Phi) is 6.48. The Hall–Kier alpha value is -4.09. The zero-order valence-corrected chi connectivity index (χ0v) is 20.9. The van der Waals surface area contributed by atoms with E-state index in [1.54, 1.807) is 18.6 Å². The van der Waals surface area contributed by atoms with E-state index in [-0.39, 0.29) is 16.9 Å². The average molecular weight is 495 g/mol. The summed E-state index contributed by atoms with van der Waals surface area (Å²) < 4.78 is 0. The summed E-state index contributed by atoms with van der Waals surface area (Å²) in [5.74, 6) is 0.471. The van der Waals surface area contributed by atoms with E-state index in [4.69, 9.17) is 0 Å². The number of hydrogen-bond acceptors (Lipinski definition) is 7. The third-order valence-corrected chi connectivity index (χ3v) is 8.19. The van der Waals surface area contributed by atoms with Crippen molar-refractivity contribution < 1.29 is 9.90 Å². The van der Waals surface area contributed by atoms with Gasteiger partial charge in [0.05, 0.1) is 23.4 Å². The molecule has 2 aromatic heterocycles. The zero-order valence-electron chi connectivity index (χ0n) is 20.9. The molecule has 2 heterocycles. The number of aliphatic hydroxyl groups excluding tert-OH is 1. The van der Waals surface area contributed by atoms with Gasteiger partial charge in [-0.2, -0.15) is 5.26 Å². The molecule has 2 bridgehead atoms. The van der Waals surface area contributed by atoms with Crippen LogP contribution in [0.5, 0.6) is 0 Å². The van der Waals surface area contributed by atoms with E-state index in [1.807, 2.05) is 49.4 Å². The topological polar surface area (TPSA) is 124 Å². The highest BCUT2D eigenvalue weighted by Crippen LogP contribution is 2.59. The minimum Gasteiger partial charge on any atom is -0.387 e. The van der Waals surface area contributed by atoms with Crippen LogP contribution in [-0.2, 0) is 4.79 Å². The maximum Gasteiger partial charge on any atom is 0.230 e. The van der Waals surface area contributed by atoms with Gasteiger partial charge in [-0.15, -0.1) is 0 Å². The van der Waals surface area contributed by atoms with Crippen molar-refractivity contribution in [3.8, 4) is 17.3 Å². The summed E-state index contributed by atoms with van der Waals surface area (Å²) in [5, 5.41) is 26.3. The van der Waals surface area contributed by atoms with E-state index >= 15 is 0 Å². The Morgan fingerprint density at radius 1 is 1.14 bits per heavy atom. The molecule has 0 aliphatic heterocycles. The number of carbonyl (C=O) groups excluding carboxylic acids is 1. The maximum absolute atomic E-state index is 13.5. The predicted molar refractivity (Wildman–Crippen MR) is 142 cm³/mol. The number of pyridine rings is 1. The van der Waals surface area contributed by atoms with Crippen LogP contribution >= 0.6 is 0 Å². The van der Waals surface area contributed by atoms with Gasteiger partial charge in [0.25, 0.3) is 0 Å². The van der Waals surface area contributed by atoms with Crippen molar-refractivity contribution in [1.82, 2.24) is 15.0 Å². The minimum atomic E-state index is -0.830. The maximum atomic E-state index is 13.5. The van der Waals surface area contributed by atoms with E-state index in [0.29, 0.717) is 50.2 Å². The van der Waals surface area contributed by atoms with Crippen molar-refractivity contribution in [1.29, 1.82) is 5.26 Å². The smallest absolute Gasteiger partial charge is 0.230 e. The van der Waals surface area contributed by atoms with E-state index in [2.05, 4.69) is 32.2 Å². The molecule has 1 unspecified atom stereocenters. The van der Waals surface area contributed by atoms with Gasteiger partial charge < -0.3 is 15.7 Å². The molecule has 188 valence electrons. The monoisotopic (exact) mass is 494 g/mol. The highest BCUT2D eigenvalue weighted by molar-refractivity contribution is 5.96. The lowest BCUT2D eigenvalue weighted by Crippen LogP contribution is -2.52. The summed E-state index contributed by atoms with van der Waals surface area (Å²) in [7, 11) is 0. The van der Waals surface area contributed by atoms with Crippen molar-refractivity contribution in [3.63, 3.8) is 0 Å². The molecular weight excluding hydrogens is 464 g/mol. The van der Waals surface area contributed by atoms with Gasteiger partial charge in [0.2, 0.25) is 11.9 Å². The number of nitrogens with one attached hydrogen (secondary N) is 2. The quantitative estimate of drug-likeness (QED) is 0.380. The third kappa shape index (κ3) is 4.70. The number of fused-ring (bicyclic) bond motifs is 3. The van der Waals surface area contributed by atoms with Crippen molar-refractivity contribution in [2.24, 2.45) is 10.8 Å². The molecule has 0 spiro atoms. The Balaban J connectivity index is 1.29. The van der Waals surface area contributed by atoms with Crippen LogP contribution in [0.1, 0.15) is 44.1 Å². The number of anilines is 3. The number of nitrogens with zero attached hydrogens (tertiary/aromatic N) is 4. The van der Waals surface area contributed by atoms with Gasteiger partial charge in [-0.3, -0.25) is 9.78 Å². The van der Waals surface area contributed by atoms with Crippen LogP contribution in [0, 0.1) is 29.1 Å². The Bertz CT molecular complexity index is 1360. The predicted octanol–water partition coefficient (Wildman–Crippen LogP) is 5.31. The van der Waals surface area contributed by atoms with Crippen LogP contribution in [0.3, 0.4) is 0 Å². The molecule has 1 amide bonds. The number of aliphatic hydroxyl groups is 1. The molecule has 1 atom stereocenters. The molecular formula is C29H30N6O2. The lowest BCUT2D eigenvalue weighted by Gasteiger charge is -2.54. The zero-order chi connectivity index (χ0) is 26.0. The fourth-order valence-electron chi connectivity index (χ4n) is 5.71.